The van der Waals surface area contributed by atoms with Crippen molar-refractivity contribution >= 4 is 52.1 Å². The number of nitrogens with zero attached hydrogens (tertiary/aromatic N) is 4. The number of rotatable bonds is 6. The first-order valence-corrected chi connectivity index (χ1v) is 10.1. The van der Waals surface area contributed by atoms with Crippen molar-refractivity contribution in [3.05, 3.63) is 80.7 Å². The number of oxime groups is 1. The third kappa shape index (κ3) is 4.23. The van der Waals surface area contributed by atoms with Crippen LogP contribution in [0.5, 0.6) is 0 Å². The molecule has 2 heterocycles. The number of halogens is 2. The summed E-state index contributed by atoms with van der Waals surface area (Å²) >= 11 is 12.6. The van der Waals surface area contributed by atoms with E-state index in [1.165, 1.54) is 14.2 Å². The van der Waals surface area contributed by atoms with Crippen molar-refractivity contribution in [2.24, 2.45) is 5.16 Å². The Morgan fingerprint density at radius 2 is 1.81 bits per heavy atom. The summed E-state index contributed by atoms with van der Waals surface area (Å²) in [5.74, 6) is 0.296. The van der Waals surface area contributed by atoms with Gasteiger partial charge in [-0.15, -0.1) is 4.73 Å². The van der Waals surface area contributed by atoms with Crippen LogP contribution in [0.2, 0.25) is 10.0 Å². The number of aromatic nitrogens is 3. The van der Waals surface area contributed by atoms with E-state index in [2.05, 4.69) is 25.3 Å². The molecule has 4 aromatic rings. The quantitative estimate of drug-likeness (QED) is 0.329. The average molecular weight is 470 g/mol. The molecule has 2 aromatic carbocycles. The van der Waals surface area contributed by atoms with Crippen LogP contribution >= 0.6 is 23.2 Å². The Morgan fingerprint density at radius 3 is 2.47 bits per heavy atom. The molecule has 0 unspecified atom stereocenters. The van der Waals surface area contributed by atoms with Gasteiger partial charge < -0.3 is 15.0 Å². The summed E-state index contributed by atoms with van der Waals surface area (Å²) in [6, 6.07) is 14.1. The Balaban J connectivity index is 1.75. The zero-order valence-electron chi connectivity index (χ0n) is 17.0. The van der Waals surface area contributed by atoms with E-state index in [-0.39, 0.29) is 5.56 Å². The molecule has 4 rings (SSSR count). The molecule has 1 N–H and O–H groups in total. The van der Waals surface area contributed by atoms with E-state index in [1.54, 1.807) is 36.7 Å². The summed E-state index contributed by atoms with van der Waals surface area (Å²) in [5.41, 5.74) is 2.19. The SMILES string of the molecule is CO/N=C/c1ccc(Nc2ncc3cc(-c4c(Cl)cccc4Cl)c(=O)n(OC)c3n2)cc1. The first kappa shape index (κ1) is 21.6. The van der Waals surface area contributed by atoms with E-state index in [0.717, 1.165) is 16.0 Å². The molecule has 0 saturated heterocycles. The highest BCUT2D eigenvalue weighted by Gasteiger charge is 2.18. The molecule has 32 heavy (non-hydrogen) atoms. The van der Waals surface area contributed by atoms with Crippen LogP contribution in [0, 0.1) is 0 Å². The molecular weight excluding hydrogens is 453 g/mol. The summed E-state index contributed by atoms with van der Waals surface area (Å²) in [6.07, 6.45) is 3.18. The number of pyridine rings is 1. The molecule has 0 aliphatic carbocycles. The van der Waals surface area contributed by atoms with Gasteiger partial charge in [0.25, 0.3) is 5.56 Å². The van der Waals surface area contributed by atoms with Gasteiger partial charge in [0.2, 0.25) is 5.95 Å². The average Bonchev–Trinajstić information content (AvgIpc) is 2.79. The highest BCUT2D eigenvalue weighted by molar-refractivity contribution is 6.39. The van der Waals surface area contributed by atoms with E-state index in [0.29, 0.717) is 32.6 Å². The van der Waals surface area contributed by atoms with Gasteiger partial charge in [-0.1, -0.05) is 46.6 Å². The number of hydrogen-bond donors (Lipinski definition) is 1. The topological polar surface area (TPSA) is 90.6 Å². The molecule has 0 spiro atoms. The lowest BCUT2D eigenvalue weighted by molar-refractivity contribution is 0.168. The van der Waals surface area contributed by atoms with Crippen LogP contribution in [-0.2, 0) is 4.84 Å². The van der Waals surface area contributed by atoms with E-state index in [4.69, 9.17) is 28.0 Å². The van der Waals surface area contributed by atoms with Crippen LogP contribution in [0.3, 0.4) is 0 Å². The number of anilines is 2. The van der Waals surface area contributed by atoms with Crippen LogP contribution in [0.15, 0.2) is 64.7 Å². The van der Waals surface area contributed by atoms with Crippen molar-refractivity contribution in [3.63, 3.8) is 0 Å². The van der Waals surface area contributed by atoms with Crippen molar-refractivity contribution in [1.82, 2.24) is 14.7 Å². The first-order valence-electron chi connectivity index (χ1n) is 9.37. The molecule has 0 radical (unpaired) electrons. The zero-order chi connectivity index (χ0) is 22.7. The fraction of sp³-hybridized carbons (Fsp3) is 0.0909. The third-order valence-corrected chi connectivity index (χ3v) is 5.22. The predicted molar refractivity (Wildman–Crippen MR) is 126 cm³/mol. The second-order valence-corrected chi connectivity index (χ2v) is 7.39. The molecule has 0 aliphatic heterocycles. The van der Waals surface area contributed by atoms with Crippen molar-refractivity contribution in [1.29, 1.82) is 0 Å². The Morgan fingerprint density at radius 1 is 1.09 bits per heavy atom. The molecule has 0 atom stereocenters. The van der Waals surface area contributed by atoms with Crippen molar-refractivity contribution in [2.45, 2.75) is 0 Å². The number of nitrogens with one attached hydrogen (secondary N) is 1. The van der Waals surface area contributed by atoms with Gasteiger partial charge in [-0.2, -0.15) is 4.98 Å². The predicted octanol–water partition coefficient (Wildman–Crippen LogP) is 4.55. The van der Waals surface area contributed by atoms with Gasteiger partial charge in [0.1, 0.15) is 14.2 Å². The Hall–Kier alpha value is -3.62. The lowest BCUT2D eigenvalue weighted by atomic mass is 10.1. The van der Waals surface area contributed by atoms with Gasteiger partial charge in [-0.25, -0.2) is 4.98 Å². The van der Waals surface area contributed by atoms with Crippen LogP contribution in [-0.4, -0.2) is 35.1 Å². The second kappa shape index (κ2) is 9.25. The van der Waals surface area contributed by atoms with Gasteiger partial charge in [0.05, 0.1) is 21.8 Å². The second-order valence-electron chi connectivity index (χ2n) is 6.57. The standard InChI is InChI=1S/C22H17Cl2N5O3/c1-31-26-11-13-6-8-15(9-7-13)27-22-25-12-14-10-16(19-17(23)4-3-5-18(19)24)21(30)29(32-2)20(14)28-22/h3-12H,1-2H3,(H,25,27,28)/b26-11+. The Kier molecular flexibility index (Phi) is 6.25. The highest BCUT2D eigenvalue weighted by Crippen LogP contribution is 2.33. The smallest absolute Gasteiger partial charge is 0.293 e. The molecule has 0 aliphatic rings. The molecular formula is C22H17Cl2N5O3. The van der Waals surface area contributed by atoms with Crippen molar-refractivity contribution < 1.29 is 9.68 Å². The van der Waals surface area contributed by atoms with E-state index in [9.17, 15) is 4.79 Å². The number of fused-ring (bicyclic) bond motifs is 1. The highest BCUT2D eigenvalue weighted by atomic mass is 35.5. The van der Waals surface area contributed by atoms with Crippen LogP contribution in [0.1, 0.15) is 5.56 Å². The van der Waals surface area contributed by atoms with Gasteiger partial charge in [-0.3, -0.25) is 4.79 Å². The van der Waals surface area contributed by atoms with Gasteiger partial charge in [0.15, 0.2) is 5.65 Å². The van der Waals surface area contributed by atoms with Crippen molar-refractivity contribution in [3.8, 4) is 11.1 Å². The molecule has 2 aromatic heterocycles. The molecule has 0 saturated carbocycles. The normalized spacial score (nSPS) is 11.1. The minimum absolute atomic E-state index is 0.285. The third-order valence-electron chi connectivity index (χ3n) is 4.59. The Labute approximate surface area is 193 Å². The van der Waals surface area contributed by atoms with Crippen LogP contribution < -0.4 is 15.7 Å². The lowest BCUT2D eigenvalue weighted by Crippen LogP contribution is -2.27. The maximum Gasteiger partial charge on any atom is 0.293 e. The molecule has 162 valence electrons. The van der Waals surface area contributed by atoms with Gasteiger partial charge in [0, 0.05) is 22.8 Å². The summed E-state index contributed by atoms with van der Waals surface area (Å²) in [7, 11) is 2.86. The maximum atomic E-state index is 13.1. The summed E-state index contributed by atoms with van der Waals surface area (Å²) in [6.45, 7) is 0. The fourth-order valence-electron chi connectivity index (χ4n) is 3.13. The number of hydrogen-bond acceptors (Lipinski definition) is 7. The zero-order valence-corrected chi connectivity index (χ0v) is 18.6. The van der Waals surface area contributed by atoms with Gasteiger partial charge in [-0.05, 0) is 35.9 Å². The largest absolute Gasteiger partial charge is 0.412 e. The van der Waals surface area contributed by atoms with E-state index >= 15 is 0 Å². The number of benzene rings is 2. The molecule has 0 fully saturated rings. The van der Waals surface area contributed by atoms with E-state index in [1.807, 2.05) is 24.3 Å². The summed E-state index contributed by atoms with van der Waals surface area (Å²) < 4.78 is 1.08. The van der Waals surface area contributed by atoms with Crippen LogP contribution in [0.4, 0.5) is 11.6 Å². The molecule has 8 nitrogen and oxygen atoms in total. The Bertz CT molecular complexity index is 1350. The monoisotopic (exact) mass is 469 g/mol. The minimum atomic E-state index is -0.443. The minimum Gasteiger partial charge on any atom is -0.412 e. The maximum absolute atomic E-state index is 13.1. The fourth-order valence-corrected chi connectivity index (χ4v) is 3.73. The molecule has 0 bridgehead atoms. The first-order chi connectivity index (χ1) is 15.5. The van der Waals surface area contributed by atoms with Crippen LogP contribution in [0.25, 0.3) is 22.2 Å². The van der Waals surface area contributed by atoms with E-state index < -0.39 is 5.56 Å². The van der Waals surface area contributed by atoms with Gasteiger partial charge >= 0.3 is 0 Å². The summed E-state index contributed by atoms with van der Waals surface area (Å²) in [5, 5.41) is 8.12. The molecule has 10 heteroatoms. The summed E-state index contributed by atoms with van der Waals surface area (Å²) in [4.78, 5) is 31.9. The van der Waals surface area contributed by atoms with Crippen molar-refractivity contribution in [2.75, 3.05) is 19.5 Å². The lowest BCUT2D eigenvalue weighted by Gasteiger charge is -2.13. The molecule has 0 amide bonds.